The zero-order valence-electron chi connectivity index (χ0n) is 14.4. The van der Waals surface area contributed by atoms with E-state index in [0.29, 0.717) is 33.2 Å². The predicted molar refractivity (Wildman–Crippen MR) is 96.5 cm³/mol. The fourth-order valence-electron chi connectivity index (χ4n) is 2.94. The second-order valence-corrected chi connectivity index (χ2v) is 7.69. The van der Waals surface area contributed by atoms with Crippen LogP contribution in [-0.2, 0) is 24.4 Å². The van der Waals surface area contributed by atoms with Crippen LogP contribution in [0.25, 0.3) is 28.1 Å². The van der Waals surface area contributed by atoms with Gasteiger partial charge in [-0.1, -0.05) is 0 Å². The average Bonchev–Trinajstić information content (AvgIpc) is 3.22. The molecule has 1 unspecified atom stereocenters. The van der Waals surface area contributed by atoms with E-state index in [0.717, 1.165) is 6.07 Å². The van der Waals surface area contributed by atoms with Crippen LogP contribution in [0.3, 0.4) is 0 Å². The van der Waals surface area contributed by atoms with Crippen LogP contribution in [0.4, 0.5) is 13.2 Å². The molecule has 4 heterocycles. The van der Waals surface area contributed by atoms with E-state index in [1.54, 1.807) is 40.7 Å². The third-order valence-electron chi connectivity index (χ3n) is 4.32. The number of aryl methyl sites for hydroxylation is 1. The van der Waals surface area contributed by atoms with Crippen molar-refractivity contribution in [3.8, 4) is 11.4 Å². The van der Waals surface area contributed by atoms with Gasteiger partial charge in [0, 0.05) is 19.4 Å². The largest absolute Gasteiger partial charge is 0.433 e. The number of hydrogen-bond donors (Lipinski definition) is 1. The lowest BCUT2D eigenvalue weighted by Gasteiger charge is -2.07. The van der Waals surface area contributed by atoms with E-state index in [4.69, 9.17) is 0 Å². The molecule has 27 heavy (non-hydrogen) atoms. The summed E-state index contributed by atoms with van der Waals surface area (Å²) in [7, 11) is 1.71. The molecule has 10 heteroatoms. The van der Waals surface area contributed by atoms with Crippen molar-refractivity contribution in [2.45, 2.75) is 18.0 Å². The molecule has 0 amide bonds. The SMILES string of the molecule is CC[S+](O)c1cn2ccnc2cc1-c1nc2cc(C(F)(F)F)ncc2n1C. The summed E-state index contributed by atoms with van der Waals surface area (Å²) in [6.45, 7) is 1.86. The zero-order valence-corrected chi connectivity index (χ0v) is 15.2. The normalized spacial score (nSPS) is 13.6. The van der Waals surface area contributed by atoms with Gasteiger partial charge in [-0.25, -0.2) is 15.0 Å². The molecule has 0 aromatic carbocycles. The Balaban J connectivity index is 1.97. The molecule has 0 saturated carbocycles. The molecule has 0 radical (unpaired) electrons. The molecule has 1 N–H and O–H groups in total. The Kier molecular flexibility index (Phi) is 4.11. The van der Waals surface area contributed by atoms with Gasteiger partial charge < -0.3 is 8.97 Å². The van der Waals surface area contributed by atoms with Crippen molar-refractivity contribution in [2.75, 3.05) is 5.75 Å². The molecule has 0 aliphatic rings. The molecule has 4 aromatic heterocycles. The van der Waals surface area contributed by atoms with Gasteiger partial charge in [-0.15, -0.1) is 0 Å². The summed E-state index contributed by atoms with van der Waals surface area (Å²) < 4.78 is 52.8. The number of aromatic nitrogens is 5. The third-order valence-corrected chi connectivity index (χ3v) is 5.70. The van der Waals surface area contributed by atoms with E-state index in [2.05, 4.69) is 15.0 Å². The molecule has 4 aromatic rings. The van der Waals surface area contributed by atoms with E-state index in [-0.39, 0.29) is 5.52 Å². The minimum atomic E-state index is -4.54. The topological polar surface area (TPSA) is 68.2 Å². The highest BCUT2D eigenvalue weighted by atomic mass is 32.2. The molecule has 0 spiro atoms. The summed E-state index contributed by atoms with van der Waals surface area (Å²) >= 11 is -1.04. The quantitative estimate of drug-likeness (QED) is 0.537. The van der Waals surface area contributed by atoms with Gasteiger partial charge in [-0.05, 0) is 19.1 Å². The molecule has 0 aliphatic heterocycles. The van der Waals surface area contributed by atoms with Crippen LogP contribution in [0.5, 0.6) is 0 Å². The standard InChI is InChI=1S/C17H15F3N5OS/c1-3-27(26)13-9-25-5-4-21-15(25)6-10(13)16-23-11-7-14(17(18,19)20)22-8-12(11)24(16)2/h4-9,26H,3H2,1-2H3/q+1. The summed E-state index contributed by atoms with van der Waals surface area (Å²) in [6.07, 6.45) is 1.82. The Labute approximate surface area is 154 Å². The molecule has 0 saturated heterocycles. The van der Waals surface area contributed by atoms with Crippen molar-refractivity contribution < 1.29 is 17.7 Å². The van der Waals surface area contributed by atoms with E-state index in [1.165, 1.54) is 6.20 Å². The number of pyridine rings is 2. The molecular weight excluding hydrogens is 379 g/mol. The Morgan fingerprint density at radius 2 is 2.00 bits per heavy atom. The van der Waals surface area contributed by atoms with Crippen LogP contribution in [0.2, 0.25) is 0 Å². The van der Waals surface area contributed by atoms with Crippen LogP contribution in [0.1, 0.15) is 12.6 Å². The van der Waals surface area contributed by atoms with E-state index >= 15 is 0 Å². The molecular formula is C17H15F3N5OS+. The minimum Gasteiger partial charge on any atom is -0.326 e. The highest BCUT2D eigenvalue weighted by Crippen LogP contribution is 2.33. The lowest BCUT2D eigenvalue weighted by atomic mass is 10.2. The molecule has 140 valence electrons. The first-order valence-electron chi connectivity index (χ1n) is 8.06. The molecule has 1 atom stereocenters. The summed E-state index contributed by atoms with van der Waals surface area (Å²) in [5.74, 6) is 0.961. The monoisotopic (exact) mass is 394 g/mol. The van der Waals surface area contributed by atoms with Crippen molar-refractivity contribution in [1.29, 1.82) is 0 Å². The lowest BCUT2D eigenvalue weighted by molar-refractivity contribution is -0.141. The van der Waals surface area contributed by atoms with Gasteiger partial charge in [0.25, 0.3) is 0 Å². The third kappa shape index (κ3) is 2.94. The van der Waals surface area contributed by atoms with Gasteiger partial charge in [-0.3, -0.25) is 0 Å². The number of alkyl halides is 3. The Morgan fingerprint density at radius 3 is 2.70 bits per heavy atom. The summed E-state index contributed by atoms with van der Waals surface area (Å²) in [6, 6.07) is 2.71. The second-order valence-electron chi connectivity index (χ2n) is 5.95. The number of fused-ring (bicyclic) bond motifs is 2. The number of halogens is 3. The fraction of sp³-hybridized carbons (Fsp3) is 0.235. The van der Waals surface area contributed by atoms with E-state index in [1.807, 2.05) is 6.92 Å². The maximum absolute atomic E-state index is 13.0. The van der Waals surface area contributed by atoms with Gasteiger partial charge in [0.05, 0.1) is 29.0 Å². The first kappa shape index (κ1) is 17.8. The zero-order chi connectivity index (χ0) is 19.3. The number of hydrogen-bond acceptors (Lipinski definition) is 4. The Hall–Kier alpha value is -2.59. The molecule has 0 bridgehead atoms. The number of imidazole rings is 2. The minimum absolute atomic E-state index is 0.193. The summed E-state index contributed by atoms with van der Waals surface area (Å²) in [5, 5.41) is 0. The van der Waals surface area contributed by atoms with Gasteiger partial charge >= 0.3 is 6.18 Å². The Bertz CT molecular complexity index is 1150. The highest BCUT2D eigenvalue weighted by Gasteiger charge is 2.33. The first-order valence-corrected chi connectivity index (χ1v) is 9.41. The van der Waals surface area contributed by atoms with Gasteiger partial charge in [0.15, 0.2) is 11.2 Å². The van der Waals surface area contributed by atoms with E-state index < -0.39 is 23.0 Å². The molecule has 6 nitrogen and oxygen atoms in total. The molecule has 4 rings (SSSR count). The molecule has 0 fully saturated rings. The summed E-state index contributed by atoms with van der Waals surface area (Å²) in [5.41, 5.74) is 0.968. The van der Waals surface area contributed by atoms with Crippen LogP contribution in [0.15, 0.2) is 41.8 Å². The fourth-order valence-corrected chi connectivity index (χ4v) is 3.89. The smallest absolute Gasteiger partial charge is 0.326 e. The van der Waals surface area contributed by atoms with E-state index in [9.17, 15) is 17.7 Å². The van der Waals surface area contributed by atoms with Crippen molar-refractivity contribution in [2.24, 2.45) is 7.05 Å². The van der Waals surface area contributed by atoms with Crippen LogP contribution in [-0.4, -0.2) is 34.2 Å². The summed E-state index contributed by atoms with van der Waals surface area (Å²) in [4.78, 5) is 12.8. The predicted octanol–water partition coefficient (Wildman–Crippen LogP) is 3.77. The van der Waals surface area contributed by atoms with Crippen molar-refractivity contribution in [1.82, 2.24) is 23.9 Å². The van der Waals surface area contributed by atoms with Crippen LogP contribution in [0, 0.1) is 0 Å². The van der Waals surface area contributed by atoms with Crippen LogP contribution >= 0.6 is 0 Å². The maximum atomic E-state index is 13.0. The lowest BCUT2D eigenvalue weighted by Crippen LogP contribution is -2.08. The highest BCUT2D eigenvalue weighted by molar-refractivity contribution is 7.91. The van der Waals surface area contributed by atoms with Crippen molar-refractivity contribution >= 4 is 27.9 Å². The van der Waals surface area contributed by atoms with Gasteiger partial charge in [0.1, 0.15) is 22.9 Å². The van der Waals surface area contributed by atoms with Crippen molar-refractivity contribution in [3.05, 3.63) is 42.6 Å². The number of nitrogens with zero attached hydrogens (tertiary/aromatic N) is 5. The molecule has 0 aliphatic carbocycles. The number of rotatable bonds is 3. The average molecular weight is 394 g/mol. The first-order chi connectivity index (χ1) is 12.8. The van der Waals surface area contributed by atoms with Crippen molar-refractivity contribution in [3.63, 3.8) is 0 Å². The van der Waals surface area contributed by atoms with Crippen LogP contribution < -0.4 is 0 Å². The van der Waals surface area contributed by atoms with Gasteiger partial charge in [0.2, 0.25) is 4.90 Å². The van der Waals surface area contributed by atoms with Gasteiger partial charge in [-0.2, -0.15) is 17.7 Å². The Morgan fingerprint density at radius 1 is 1.22 bits per heavy atom. The maximum Gasteiger partial charge on any atom is 0.433 e. The second kappa shape index (κ2) is 6.24.